The summed E-state index contributed by atoms with van der Waals surface area (Å²) >= 11 is 0. The zero-order valence-corrected chi connectivity index (χ0v) is 21.8. The molecule has 1 aliphatic heterocycles. The molecule has 0 saturated carbocycles. The highest BCUT2D eigenvalue weighted by Gasteiger charge is 2.33. The van der Waals surface area contributed by atoms with Crippen molar-refractivity contribution in [3.05, 3.63) is 65.7 Å². The Labute approximate surface area is 212 Å². The number of nitrogens with one attached hydrogen (secondary N) is 1. The lowest BCUT2D eigenvalue weighted by molar-refractivity contribution is 0.0163. The third-order valence-corrected chi connectivity index (χ3v) is 7.18. The molecule has 1 aromatic carbocycles. The van der Waals surface area contributed by atoms with Crippen LogP contribution in [0.25, 0.3) is 11.2 Å². The van der Waals surface area contributed by atoms with Gasteiger partial charge in [-0.2, -0.15) is 9.97 Å². The standard InChI is InChI=1S/C28H35N7O/c1-19-6-7-21(27(2,3)4)16-22(19)31-25-23-24(30-18-34(23)5)32-26(33-25)35-14-10-28(36,11-15-35)17-20-8-12-29-13-9-20/h6-9,12-13,16,18,36H,10-11,14-15,17H2,1-5H3,(H,31,32,33). The van der Waals surface area contributed by atoms with Gasteiger partial charge in [0.05, 0.1) is 11.9 Å². The van der Waals surface area contributed by atoms with E-state index in [-0.39, 0.29) is 5.41 Å². The van der Waals surface area contributed by atoms with Crippen molar-refractivity contribution in [2.75, 3.05) is 23.3 Å². The van der Waals surface area contributed by atoms with Gasteiger partial charge in [-0.1, -0.05) is 32.9 Å². The Morgan fingerprint density at radius 3 is 2.47 bits per heavy atom. The molecule has 0 amide bonds. The number of aliphatic hydroxyl groups is 1. The van der Waals surface area contributed by atoms with Crippen molar-refractivity contribution in [2.45, 2.75) is 58.0 Å². The monoisotopic (exact) mass is 485 g/mol. The molecule has 3 aromatic heterocycles. The summed E-state index contributed by atoms with van der Waals surface area (Å²) in [7, 11) is 1.96. The summed E-state index contributed by atoms with van der Waals surface area (Å²) in [5.74, 6) is 1.38. The molecule has 188 valence electrons. The van der Waals surface area contributed by atoms with E-state index in [4.69, 9.17) is 9.97 Å². The van der Waals surface area contributed by atoms with E-state index in [1.54, 1.807) is 18.7 Å². The summed E-state index contributed by atoms with van der Waals surface area (Å²) in [4.78, 5) is 20.5. The van der Waals surface area contributed by atoms with E-state index in [1.165, 1.54) is 5.56 Å². The van der Waals surface area contributed by atoms with Gasteiger partial charge >= 0.3 is 0 Å². The summed E-state index contributed by atoms with van der Waals surface area (Å²) in [6.45, 7) is 10.1. The van der Waals surface area contributed by atoms with E-state index in [0.717, 1.165) is 28.1 Å². The molecule has 1 fully saturated rings. The number of piperidine rings is 1. The SMILES string of the molecule is Cc1ccc(C(C)(C)C)cc1Nc1nc(N2CCC(O)(Cc3ccncc3)CC2)nc2ncn(C)c12. The largest absolute Gasteiger partial charge is 0.389 e. The molecule has 0 radical (unpaired) electrons. The van der Waals surface area contributed by atoms with Crippen molar-refractivity contribution in [3.8, 4) is 0 Å². The maximum Gasteiger partial charge on any atom is 0.229 e. The Balaban J connectivity index is 1.42. The first-order valence-corrected chi connectivity index (χ1v) is 12.5. The Morgan fingerprint density at radius 1 is 1.06 bits per heavy atom. The fraction of sp³-hybridized carbons (Fsp3) is 0.429. The zero-order chi connectivity index (χ0) is 25.5. The minimum Gasteiger partial charge on any atom is -0.389 e. The average Bonchev–Trinajstić information content (AvgIpc) is 3.21. The predicted octanol–water partition coefficient (Wildman–Crippen LogP) is 4.68. The quantitative estimate of drug-likeness (QED) is 0.424. The Kier molecular flexibility index (Phi) is 6.16. The molecule has 4 heterocycles. The Hall–Kier alpha value is -3.52. The second-order valence-corrected chi connectivity index (χ2v) is 11.0. The van der Waals surface area contributed by atoms with Gasteiger partial charge in [0.15, 0.2) is 11.5 Å². The van der Waals surface area contributed by atoms with E-state index < -0.39 is 5.60 Å². The van der Waals surface area contributed by atoms with Crippen LogP contribution in [0, 0.1) is 6.92 Å². The van der Waals surface area contributed by atoms with Crippen molar-refractivity contribution in [3.63, 3.8) is 0 Å². The number of benzene rings is 1. The van der Waals surface area contributed by atoms with E-state index >= 15 is 0 Å². The lowest BCUT2D eigenvalue weighted by atomic mass is 9.85. The molecule has 0 spiro atoms. The van der Waals surface area contributed by atoms with Gasteiger partial charge in [-0.15, -0.1) is 0 Å². The molecule has 36 heavy (non-hydrogen) atoms. The normalized spacial score (nSPS) is 15.9. The van der Waals surface area contributed by atoms with Crippen molar-refractivity contribution >= 4 is 28.6 Å². The first-order valence-electron chi connectivity index (χ1n) is 12.5. The zero-order valence-electron chi connectivity index (χ0n) is 21.8. The van der Waals surface area contributed by atoms with Crippen LogP contribution in [0.4, 0.5) is 17.5 Å². The predicted molar refractivity (Wildman–Crippen MR) is 144 cm³/mol. The number of fused-ring (bicyclic) bond motifs is 1. The molecule has 0 atom stereocenters. The number of aryl methyl sites for hydroxylation is 2. The van der Waals surface area contributed by atoms with Crippen LogP contribution in [0.3, 0.4) is 0 Å². The molecule has 0 aliphatic carbocycles. The smallest absolute Gasteiger partial charge is 0.229 e. The highest BCUT2D eigenvalue weighted by Crippen LogP contribution is 2.33. The summed E-state index contributed by atoms with van der Waals surface area (Å²) in [6.07, 6.45) is 7.24. The highest BCUT2D eigenvalue weighted by atomic mass is 16.3. The van der Waals surface area contributed by atoms with Gasteiger partial charge in [0.25, 0.3) is 0 Å². The van der Waals surface area contributed by atoms with Crippen molar-refractivity contribution in [1.29, 1.82) is 0 Å². The van der Waals surface area contributed by atoms with Crippen LogP contribution in [-0.4, -0.2) is 48.3 Å². The summed E-state index contributed by atoms with van der Waals surface area (Å²) in [6, 6.07) is 10.5. The number of imidazole rings is 1. The molecule has 8 nitrogen and oxygen atoms in total. The van der Waals surface area contributed by atoms with Gasteiger partial charge in [-0.05, 0) is 60.1 Å². The van der Waals surface area contributed by atoms with E-state index in [9.17, 15) is 5.11 Å². The van der Waals surface area contributed by atoms with Gasteiger partial charge < -0.3 is 19.9 Å². The molecule has 5 rings (SSSR count). The van der Waals surface area contributed by atoms with Crippen molar-refractivity contribution < 1.29 is 5.11 Å². The van der Waals surface area contributed by atoms with Gasteiger partial charge in [-0.3, -0.25) is 4.98 Å². The molecule has 0 bridgehead atoms. The van der Waals surface area contributed by atoms with E-state index in [1.807, 2.05) is 23.7 Å². The Bertz CT molecular complexity index is 1370. The molecule has 1 aliphatic rings. The number of hydrogen-bond donors (Lipinski definition) is 2. The van der Waals surface area contributed by atoms with Crippen LogP contribution in [-0.2, 0) is 18.9 Å². The number of nitrogens with zero attached hydrogens (tertiary/aromatic N) is 6. The third kappa shape index (κ3) is 4.91. The van der Waals surface area contributed by atoms with Crippen LogP contribution < -0.4 is 10.2 Å². The summed E-state index contributed by atoms with van der Waals surface area (Å²) in [5.41, 5.74) is 5.37. The first kappa shape index (κ1) is 24.2. The minimum absolute atomic E-state index is 0.0453. The number of anilines is 3. The summed E-state index contributed by atoms with van der Waals surface area (Å²) < 4.78 is 1.95. The fourth-order valence-electron chi connectivity index (χ4n) is 4.80. The fourth-order valence-corrected chi connectivity index (χ4v) is 4.80. The van der Waals surface area contributed by atoms with Gasteiger partial charge in [-0.25, -0.2) is 4.98 Å². The minimum atomic E-state index is -0.738. The molecular formula is C28H35N7O. The molecule has 2 N–H and O–H groups in total. The molecule has 0 unspecified atom stereocenters. The number of pyridine rings is 1. The molecule has 4 aromatic rings. The lowest BCUT2D eigenvalue weighted by Gasteiger charge is -2.38. The lowest BCUT2D eigenvalue weighted by Crippen LogP contribution is -2.46. The number of hydrogen-bond acceptors (Lipinski definition) is 7. The number of aromatic nitrogens is 5. The van der Waals surface area contributed by atoms with Gasteiger partial charge in [0.2, 0.25) is 5.95 Å². The van der Waals surface area contributed by atoms with Crippen LogP contribution in [0.2, 0.25) is 0 Å². The molecule has 8 heteroatoms. The topological polar surface area (TPSA) is 92.0 Å². The second kappa shape index (κ2) is 9.17. The van der Waals surface area contributed by atoms with Crippen LogP contribution in [0.1, 0.15) is 50.3 Å². The van der Waals surface area contributed by atoms with Gasteiger partial charge in [0, 0.05) is 44.6 Å². The maximum absolute atomic E-state index is 11.2. The summed E-state index contributed by atoms with van der Waals surface area (Å²) in [5, 5.41) is 14.8. The maximum atomic E-state index is 11.2. The van der Waals surface area contributed by atoms with E-state index in [0.29, 0.717) is 43.9 Å². The van der Waals surface area contributed by atoms with Crippen LogP contribution in [0.5, 0.6) is 0 Å². The third-order valence-electron chi connectivity index (χ3n) is 7.18. The molecular weight excluding hydrogens is 450 g/mol. The first-order chi connectivity index (χ1) is 17.1. The Morgan fingerprint density at radius 2 is 1.78 bits per heavy atom. The van der Waals surface area contributed by atoms with Crippen LogP contribution >= 0.6 is 0 Å². The van der Waals surface area contributed by atoms with Crippen LogP contribution in [0.15, 0.2) is 49.1 Å². The van der Waals surface area contributed by atoms with E-state index in [2.05, 4.69) is 66.1 Å². The second-order valence-electron chi connectivity index (χ2n) is 11.0. The van der Waals surface area contributed by atoms with Crippen molar-refractivity contribution in [1.82, 2.24) is 24.5 Å². The number of rotatable bonds is 5. The van der Waals surface area contributed by atoms with Crippen molar-refractivity contribution in [2.24, 2.45) is 7.05 Å². The van der Waals surface area contributed by atoms with Gasteiger partial charge in [0.1, 0.15) is 5.52 Å². The highest BCUT2D eigenvalue weighted by molar-refractivity contribution is 5.87. The average molecular weight is 486 g/mol. The molecule has 1 saturated heterocycles.